The number of phenols is 1. The number of aliphatic hydroxyl groups excluding tert-OH is 3. The zero-order valence-electron chi connectivity index (χ0n) is 26.7. The van der Waals surface area contributed by atoms with Crippen LogP contribution in [0.15, 0.2) is 48.9 Å². The number of aromatic amines is 1. The highest BCUT2D eigenvalue weighted by molar-refractivity contribution is 5.83. The second-order valence-electron chi connectivity index (χ2n) is 12.8. The van der Waals surface area contributed by atoms with E-state index in [1.807, 2.05) is 42.2 Å². The molecule has 0 saturated carbocycles. The SMILES string of the molecule is CCCC(O)CC(O)CC(=O)CCc1ccc(O)c(OC2CC#CC(O)c3ccc4c(c3Cc3c[nH]c5cn2cc35)CCNC4N)c1. The van der Waals surface area contributed by atoms with E-state index in [1.54, 1.807) is 18.2 Å². The number of nitrogens with zero attached hydrogens (tertiary/aromatic N) is 1. The van der Waals surface area contributed by atoms with Gasteiger partial charge < -0.3 is 40.4 Å². The van der Waals surface area contributed by atoms with Crippen LogP contribution in [0.1, 0.15) is 97.3 Å². The Labute approximate surface area is 274 Å². The van der Waals surface area contributed by atoms with Crippen LogP contribution in [-0.4, -0.2) is 54.5 Å². The van der Waals surface area contributed by atoms with E-state index in [4.69, 9.17) is 10.5 Å². The van der Waals surface area contributed by atoms with Gasteiger partial charge in [-0.05, 0) is 71.2 Å². The van der Waals surface area contributed by atoms with Crippen molar-refractivity contribution in [2.24, 2.45) is 5.73 Å². The summed E-state index contributed by atoms with van der Waals surface area (Å²) >= 11 is 0. The molecule has 0 amide bonds. The van der Waals surface area contributed by atoms with Gasteiger partial charge in [0.1, 0.15) is 11.9 Å². The van der Waals surface area contributed by atoms with Crippen LogP contribution in [0.3, 0.4) is 0 Å². The van der Waals surface area contributed by atoms with Crippen LogP contribution in [0, 0.1) is 11.8 Å². The van der Waals surface area contributed by atoms with Gasteiger partial charge in [-0.1, -0.05) is 43.4 Å². The molecule has 8 N–H and O–H groups in total. The minimum absolute atomic E-state index is 0.00469. The summed E-state index contributed by atoms with van der Waals surface area (Å²) in [7, 11) is 0. The van der Waals surface area contributed by atoms with Gasteiger partial charge in [0, 0.05) is 49.8 Å². The van der Waals surface area contributed by atoms with Crippen LogP contribution in [0.2, 0.25) is 0 Å². The highest BCUT2D eigenvalue weighted by Gasteiger charge is 2.25. The largest absolute Gasteiger partial charge is 0.504 e. The Morgan fingerprint density at radius 3 is 2.81 bits per heavy atom. The third-order valence-corrected chi connectivity index (χ3v) is 9.29. The Hall–Kier alpha value is -4.11. The fraction of sp³-hybridized carbons (Fsp3) is 0.432. The summed E-state index contributed by atoms with van der Waals surface area (Å²) in [6.07, 6.45) is 6.54. The summed E-state index contributed by atoms with van der Waals surface area (Å²) in [4.78, 5) is 15.9. The number of nitrogens with two attached hydrogens (primary N) is 1. The number of hydrogen-bond acceptors (Lipinski definition) is 8. The van der Waals surface area contributed by atoms with Crippen LogP contribution in [0.4, 0.5) is 0 Å². The first-order chi connectivity index (χ1) is 22.7. The normalized spacial score (nSPS) is 20.3. The summed E-state index contributed by atoms with van der Waals surface area (Å²) in [5, 5.41) is 46.5. The van der Waals surface area contributed by atoms with Crippen molar-refractivity contribution in [2.45, 2.75) is 95.4 Å². The van der Waals surface area contributed by atoms with E-state index >= 15 is 0 Å². The second kappa shape index (κ2) is 14.3. The van der Waals surface area contributed by atoms with Gasteiger partial charge in [0.05, 0.1) is 30.3 Å². The zero-order valence-corrected chi connectivity index (χ0v) is 26.7. The molecule has 2 aromatic carbocycles. The zero-order chi connectivity index (χ0) is 33.1. The van der Waals surface area contributed by atoms with Gasteiger partial charge >= 0.3 is 0 Å². The van der Waals surface area contributed by atoms with E-state index in [2.05, 4.69) is 22.1 Å². The summed E-state index contributed by atoms with van der Waals surface area (Å²) in [5.74, 6) is 6.28. The van der Waals surface area contributed by atoms with Crippen molar-refractivity contribution in [3.63, 3.8) is 0 Å². The number of ether oxygens (including phenoxy) is 1. The highest BCUT2D eigenvalue weighted by atomic mass is 16.5. The summed E-state index contributed by atoms with van der Waals surface area (Å²) in [6.45, 7) is 2.73. The number of carbonyl (C=O) groups excluding carboxylic acids is 1. The van der Waals surface area contributed by atoms with E-state index < -0.39 is 24.5 Å². The molecule has 0 fully saturated rings. The van der Waals surface area contributed by atoms with E-state index in [1.165, 1.54) is 5.56 Å². The number of H-pyrrole nitrogens is 1. The van der Waals surface area contributed by atoms with Gasteiger partial charge in [-0.2, -0.15) is 0 Å². The number of aromatic hydroxyl groups is 1. The van der Waals surface area contributed by atoms with Crippen LogP contribution in [-0.2, 0) is 24.1 Å². The number of fused-ring (bicyclic) bond motifs is 4. The van der Waals surface area contributed by atoms with Gasteiger partial charge in [-0.25, -0.2) is 0 Å². The van der Waals surface area contributed by atoms with Gasteiger partial charge in [-0.3, -0.25) is 10.1 Å². The van der Waals surface area contributed by atoms with E-state index in [9.17, 15) is 25.2 Å². The van der Waals surface area contributed by atoms with E-state index in [-0.39, 0.29) is 49.1 Å². The van der Waals surface area contributed by atoms with E-state index in [0.717, 1.165) is 58.1 Å². The molecule has 0 saturated heterocycles. The van der Waals surface area contributed by atoms with Gasteiger partial charge in [0.15, 0.2) is 17.7 Å². The molecule has 2 aliphatic rings. The lowest BCUT2D eigenvalue weighted by Crippen LogP contribution is -2.36. The highest BCUT2D eigenvalue weighted by Crippen LogP contribution is 2.36. The molecule has 4 heterocycles. The minimum Gasteiger partial charge on any atom is -0.504 e. The Balaban J connectivity index is 1.22. The number of ketones is 1. The molecular formula is C37H44N4O6. The lowest BCUT2D eigenvalue weighted by Gasteiger charge is -2.28. The lowest BCUT2D eigenvalue weighted by molar-refractivity contribution is -0.121. The predicted molar refractivity (Wildman–Crippen MR) is 179 cm³/mol. The number of aliphatic hydroxyl groups is 3. The number of Topliss-reactive ketones (excluding diaryl/α,β-unsaturated/α-hetero) is 1. The first kappa shape index (κ1) is 32.8. The van der Waals surface area contributed by atoms with Crippen molar-refractivity contribution in [2.75, 3.05) is 6.54 Å². The van der Waals surface area contributed by atoms with Crippen LogP contribution in [0.5, 0.6) is 11.5 Å². The number of rotatable bonds is 11. The average molecular weight is 641 g/mol. The molecule has 248 valence electrons. The Kier molecular flexibility index (Phi) is 10.0. The number of aryl methyl sites for hydroxylation is 1. The van der Waals surface area contributed by atoms with Gasteiger partial charge in [0.2, 0.25) is 0 Å². The van der Waals surface area contributed by atoms with Crippen molar-refractivity contribution < 1.29 is 30.0 Å². The van der Waals surface area contributed by atoms with Crippen LogP contribution < -0.4 is 15.8 Å². The molecule has 0 radical (unpaired) electrons. The number of aromatic nitrogens is 2. The second-order valence-corrected chi connectivity index (χ2v) is 12.8. The summed E-state index contributed by atoms with van der Waals surface area (Å²) in [5.41, 5.74) is 13.3. The number of benzene rings is 2. The van der Waals surface area contributed by atoms with Crippen molar-refractivity contribution >= 4 is 16.7 Å². The number of carbonyl (C=O) groups is 1. The van der Waals surface area contributed by atoms with Crippen LogP contribution >= 0.6 is 0 Å². The molecule has 0 aliphatic carbocycles. The fourth-order valence-corrected chi connectivity index (χ4v) is 6.82. The number of phenolic OH excluding ortho intramolecular Hbond substituents is 1. The first-order valence-corrected chi connectivity index (χ1v) is 16.5. The maximum Gasteiger partial charge on any atom is 0.186 e. The minimum atomic E-state index is -0.992. The molecule has 2 aliphatic heterocycles. The molecule has 5 unspecified atom stereocenters. The standard InChI is InChI=1S/C37H44N4O6/c1-2-4-24(42)17-26(44)18-25(43)9-7-22-8-12-34(46)35(15-22)47-36-6-3-5-33(45)28-10-11-29-27(13-14-39-37(29)38)30(28)16-23-19-40-32-21-41(36)20-31(23)32/h8,10-12,15,19-21,24,26,33,36-37,39-40,42,44-46H,2,4,6-7,9,13-14,16-18,38H2,1H3. The molecule has 2 aromatic heterocycles. The molecule has 6 rings (SSSR count). The molecule has 10 nitrogen and oxygen atoms in total. The Morgan fingerprint density at radius 1 is 1.15 bits per heavy atom. The maximum absolute atomic E-state index is 12.6. The average Bonchev–Trinajstić information content (AvgIpc) is 3.62. The van der Waals surface area contributed by atoms with Crippen molar-refractivity contribution in [3.8, 4) is 23.3 Å². The third kappa shape index (κ3) is 7.40. The summed E-state index contributed by atoms with van der Waals surface area (Å²) in [6, 6.07) is 8.94. The molecular weight excluding hydrogens is 596 g/mol. The van der Waals surface area contributed by atoms with Crippen LogP contribution in [0.25, 0.3) is 10.9 Å². The third-order valence-electron chi connectivity index (χ3n) is 9.29. The lowest BCUT2D eigenvalue weighted by atomic mass is 9.85. The Bertz CT molecular complexity index is 1800. The van der Waals surface area contributed by atoms with Gasteiger partial charge in [0.25, 0.3) is 0 Å². The monoisotopic (exact) mass is 640 g/mol. The fourth-order valence-electron chi connectivity index (χ4n) is 6.82. The molecule has 4 aromatic rings. The smallest absolute Gasteiger partial charge is 0.186 e. The predicted octanol–water partition coefficient (Wildman–Crippen LogP) is 4.19. The van der Waals surface area contributed by atoms with Gasteiger partial charge in [-0.15, -0.1) is 0 Å². The molecule has 47 heavy (non-hydrogen) atoms. The topological polar surface area (TPSA) is 166 Å². The molecule has 5 atom stereocenters. The van der Waals surface area contributed by atoms with Crippen molar-refractivity contribution in [1.29, 1.82) is 0 Å². The van der Waals surface area contributed by atoms with Crippen molar-refractivity contribution in [3.05, 3.63) is 82.3 Å². The summed E-state index contributed by atoms with van der Waals surface area (Å²) < 4.78 is 8.31. The molecule has 0 spiro atoms. The molecule has 10 heteroatoms. The molecule has 2 bridgehead atoms. The number of hydrogen-bond donors (Lipinski definition) is 7. The van der Waals surface area contributed by atoms with E-state index in [0.29, 0.717) is 19.3 Å². The van der Waals surface area contributed by atoms with Crippen molar-refractivity contribution in [1.82, 2.24) is 14.9 Å². The maximum atomic E-state index is 12.6. The quantitative estimate of drug-likeness (QED) is 0.120. The Morgan fingerprint density at radius 2 is 1.98 bits per heavy atom. The first-order valence-electron chi connectivity index (χ1n) is 16.5. The number of nitrogens with one attached hydrogen (secondary N) is 2.